The number of fused-ring (bicyclic) bond motifs is 1. The molecule has 2 aromatic rings. The van der Waals surface area contributed by atoms with Crippen LogP contribution in [0, 0.1) is 0 Å². The molecule has 1 fully saturated rings. The van der Waals surface area contributed by atoms with Crippen molar-refractivity contribution >= 4 is 46.2 Å². The van der Waals surface area contributed by atoms with Crippen LogP contribution in [0.2, 0.25) is 5.02 Å². The summed E-state index contributed by atoms with van der Waals surface area (Å²) in [5.74, 6) is 0.522. The first-order valence-corrected chi connectivity index (χ1v) is 9.41. The topological polar surface area (TPSA) is 50.7 Å². The van der Waals surface area contributed by atoms with Gasteiger partial charge in [-0.05, 0) is 59.3 Å². The van der Waals surface area contributed by atoms with Crippen LogP contribution in [-0.4, -0.2) is 17.7 Å². The number of amides is 1. The average molecular weight is 425 g/mol. The normalized spacial score (nSPS) is 19.1. The second-order valence-electron chi connectivity index (χ2n) is 6.11. The predicted octanol–water partition coefficient (Wildman–Crippen LogP) is 5.19. The zero-order chi connectivity index (χ0) is 19.9. The maximum atomic E-state index is 12.7. The molecule has 0 atom stereocenters. The quantitative estimate of drug-likeness (QED) is 0.675. The molecule has 2 aromatic carbocycles. The van der Waals surface area contributed by atoms with Crippen molar-refractivity contribution in [2.75, 3.05) is 6.61 Å². The van der Waals surface area contributed by atoms with Gasteiger partial charge in [-0.25, -0.2) is 4.99 Å². The third-order valence-electron chi connectivity index (χ3n) is 4.16. The number of thioether (sulfide) groups is 1. The number of ether oxygens (including phenoxy) is 1. The number of carbonyl (C=O) groups excluding carboxylic acids is 1. The second kappa shape index (κ2) is 7.18. The van der Waals surface area contributed by atoms with Gasteiger partial charge in [0, 0.05) is 6.42 Å². The predicted molar refractivity (Wildman–Crippen MR) is 103 cm³/mol. The Bertz CT molecular complexity index is 1030. The van der Waals surface area contributed by atoms with E-state index in [2.05, 4.69) is 10.3 Å². The second-order valence-corrected chi connectivity index (χ2v) is 7.55. The Labute approximate surface area is 167 Å². The lowest BCUT2D eigenvalue weighted by Gasteiger charge is -2.07. The minimum absolute atomic E-state index is 0.145. The Kier molecular flexibility index (Phi) is 4.84. The number of carbonyl (C=O) groups is 1. The van der Waals surface area contributed by atoms with Crippen molar-refractivity contribution in [2.45, 2.75) is 12.6 Å². The molecule has 9 heteroatoms. The van der Waals surface area contributed by atoms with E-state index in [1.807, 2.05) is 18.2 Å². The lowest BCUT2D eigenvalue weighted by Crippen LogP contribution is -2.19. The van der Waals surface area contributed by atoms with Crippen LogP contribution in [0.5, 0.6) is 5.75 Å². The van der Waals surface area contributed by atoms with Crippen molar-refractivity contribution in [3.63, 3.8) is 0 Å². The number of aliphatic imine (C=N–C) groups is 1. The molecule has 0 bridgehead atoms. The van der Waals surface area contributed by atoms with Crippen molar-refractivity contribution in [3.8, 4) is 5.75 Å². The van der Waals surface area contributed by atoms with E-state index in [-0.39, 0.29) is 21.8 Å². The zero-order valence-corrected chi connectivity index (χ0v) is 15.7. The lowest BCUT2D eigenvalue weighted by molar-refractivity contribution is -0.137. The smallest absolute Gasteiger partial charge is 0.416 e. The summed E-state index contributed by atoms with van der Waals surface area (Å²) in [6, 6.07) is 8.57. The molecule has 2 aliphatic heterocycles. The Balaban J connectivity index is 1.56. The van der Waals surface area contributed by atoms with Crippen LogP contribution >= 0.6 is 23.4 Å². The van der Waals surface area contributed by atoms with E-state index in [1.54, 1.807) is 6.08 Å². The van der Waals surface area contributed by atoms with E-state index >= 15 is 0 Å². The van der Waals surface area contributed by atoms with Gasteiger partial charge < -0.3 is 10.1 Å². The molecule has 1 saturated heterocycles. The van der Waals surface area contributed by atoms with Gasteiger partial charge in [0.05, 0.1) is 27.8 Å². The van der Waals surface area contributed by atoms with Crippen LogP contribution in [0.1, 0.15) is 16.7 Å². The van der Waals surface area contributed by atoms with E-state index in [9.17, 15) is 18.0 Å². The van der Waals surface area contributed by atoms with Gasteiger partial charge in [0.15, 0.2) is 5.17 Å². The van der Waals surface area contributed by atoms with Gasteiger partial charge in [-0.15, -0.1) is 0 Å². The van der Waals surface area contributed by atoms with Gasteiger partial charge >= 0.3 is 6.18 Å². The third kappa shape index (κ3) is 3.88. The lowest BCUT2D eigenvalue weighted by atomic mass is 10.1. The number of hydrogen-bond acceptors (Lipinski definition) is 4. The highest BCUT2D eigenvalue weighted by Gasteiger charge is 2.31. The van der Waals surface area contributed by atoms with E-state index in [0.29, 0.717) is 11.5 Å². The summed E-state index contributed by atoms with van der Waals surface area (Å²) in [5.41, 5.74) is 1.23. The summed E-state index contributed by atoms with van der Waals surface area (Å²) in [6.45, 7) is 0.648. The number of halogens is 4. The van der Waals surface area contributed by atoms with Crippen molar-refractivity contribution in [1.29, 1.82) is 0 Å². The first-order chi connectivity index (χ1) is 13.3. The van der Waals surface area contributed by atoms with Crippen LogP contribution in [0.15, 0.2) is 46.3 Å². The van der Waals surface area contributed by atoms with Crippen LogP contribution in [0.25, 0.3) is 6.08 Å². The Morgan fingerprint density at radius 2 is 2.04 bits per heavy atom. The maximum Gasteiger partial charge on any atom is 0.416 e. The highest BCUT2D eigenvalue weighted by atomic mass is 35.5. The summed E-state index contributed by atoms with van der Waals surface area (Å²) < 4.78 is 43.6. The molecule has 4 nitrogen and oxygen atoms in total. The fraction of sp³-hybridized carbons (Fsp3) is 0.158. The van der Waals surface area contributed by atoms with Gasteiger partial charge in [-0.3, -0.25) is 4.79 Å². The van der Waals surface area contributed by atoms with Gasteiger partial charge in [0.2, 0.25) is 0 Å². The number of benzene rings is 2. The first-order valence-electron chi connectivity index (χ1n) is 8.22. The summed E-state index contributed by atoms with van der Waals surface area (Å²) in [4.78, 5) is 16.8. The molecule has 2 aliphatic rings. The van der Waals surface area contributed by atoms with Crippen LogP contribution in [-0.2, 0) is 17.4 Å². The van der Waals surface area contributed by atoms with E-state index < -0.39 is 11.7 Å². The molecular formula is C19H12ClF3N2O2S. The standard InChI is InChI=1S/C19H12ClF3N2O2S/c20-13-9-12(19(21,22)23)2-3-14(13)24-18-25-17(26)16(28-18)8-10-1-4-15-11(7-10)5-6-27-15/h1-4,7-9H,5-6H2,(H,24,25,26). The van der Waals surface area contributed by atoms with Crippen molar-refractivity contribution < 1.29 is 22.7 Å². The molecule has 0 aromatic heterocycles. The fourth-order valence-corrected chi connectivity index (χ4v) is 3.87. The number of alkyl halides is 3. The van der Waals surface area contributed by atoms with E-state index in [4.69, 9.17) is 16.3 Å². The molecule has 144 valence electrons. The molecule has 0 aliphatic carbocycles. The summed E-state index contributed by atoms with van der Waals surface area (Å²) in [6.07, 6.45) is -1.93. The zero-order valence-electron chi connectivity index (χ0n) is 14.1. The number of nitrogens with zero attached hydrogens (tertiary/aromatic N) is 1. The van der Waals surface area contributed by atoms with Crippen LogP contribution in [0.3, 0.4) is 0 Å². The van der Waals surface area contributed by atoms with Gasteiger partial charge in [0.25, 0.3) is 5.91 Å². The van der Waals surface area contributed by atoms with Gasteiger partial charge in [-0.2, -0.15) is 13.2 Å². The first kappa shape index (κ1) is 18.9. The summed E-state index contributed by atoms with van der Waals surface area (Å²) in [7, 11) is 0. The Morgan fingerprint density at radius 3 is 2.79 bits per heavy atom. The van der Waals surface area contributed by atoms with Crippen molar-refractivity contribution in [2.24, 2.45) is 4.99 Å². The molecule has 2 heterocycles. The monoisotopic (exact) mass is 424 g/mol. The average Bonchev–Trinajstić information content (AvgIpc) is 3.22. The van der Waals surface area contributed by atoms with Crippen LogP contribution in [0.4, 0.5) is 18.9 Å². The summed E-state index contributed by atoms with van der Waals surface area (Å²) in [5, 5.41) is 2.70. The molecule has 1 amide bonds. The summed E-state index contributed by atoms with van der Waals surface area (Å²) >= 11 is 7.01. The van der Waals surface area contributed by atoms with E-state index in [0.717, 1.165) is 47.2 Å². The molecular weight excluding hydrogens is 413 g/mol. The Morgan fingerprint density at radius 1 is 1.21 bits per heavy atom. The molecule has 28 heavy (non-hydrogen) atoms. The van der Waals surface area contributed by atoms with Crippen molar-refractivity contribution in [1.82, 2.24) is 5.32 Å². The number of amidine groups is 1. The molecule has 4 rings (SSSR count). The molecule has 0 spiro atoms. The van der Waals surface area contributed by atoms with Crippen molar-refractivity contribution in [3.05, 3.63) is 63.0 Å². The number of rotatable bonds is 2. The Hall–Kier alpha value is -2.45. The maximum absolute atomic E-state index is 12.7. The van der Waals surface area contributed by atoms with Gasteiger partial charge in [0.1, 0.15) is 5.75 Å². The third-order valence-corrected chi connectivity index (χ3v) is 5.37. The van der Waals surface area contributed by atoms with Crippen LogP contribution < -0.4 is 10.1 Å². The SMILES string of the molecule is O=C1NC(=Nc2ccc(C(F)(F)F)cc2Cl)SC1=Cc1ccc2c(c1)CCO2. The number of nitrogens with one attached hydrogen (secondary N) is 1. The number of hydrogen-bond donors (Lipinski definition) is 1. The minimum atomic E-state index is -4.48. The molecule has 0 radical (unpaired) electrons. The highest BCUT2D eigenvalue weighted by Crippen LogP contribution is 2.36. The fourth-order valence-electron chi connectivity index (χ4n) is 2.81. The highest BCUT2D eigenvalue weighted by molar-refractivity contribution is 8.18. The molecule has 0 unspecified atom stereocenters. The minimum Gasteiger partial charge on any atom is -0.493 e. The van der Waals surface area contributed by atoms with Gasteiger partial charge in [-0.1, -0.05) is 17.7 Å². The molecule has 0 saturated carbocycles. The molecule has 1 N–H and O–H groups in total. The largest absolute Gasteiger partial charge is 0.493 e. The van der Waals surface area contributed by atoms with E-state index in [1.165, 1.54) is 6.07 Å².